The minimum absolute atomic E-state index is 0.0225. The van der Waals surface area contributed by atoms with E-state index < -0.39 is 4.92 Å². The summed E-state index contributed by atoms with van der Waals surface area (Å²) in [7, 11) is 0. The normalized spacial score (nSPS) is 15.9. The molecule has 0 bridgehead atoms. The van der Waals surface area contributed by atoms with Crippen molar-refractivity contribution in [3.8, 4) is 0 Å². The van der Waals surface area contributed by atoms with Gasteiger partial charge in [0.1, 0.15) is 0 Å². The fraction of sp³-hybridized carbons (Fsp3) is 0.643. The highest BCUT2D eigenvalue weighted by Gasteiger charge is 2.15. The van der Waals surface area contributed by atoms with Crippen LogP contribution in [0.1, 0.15) is 24.8 Å². The van der Waals surface area contributed by atoms with Crippen molar-refractivity contribution in [2.24, 2.45) is 0 Å². The Labute approximate surface area is 124 Å². The van der Waals surface area contributed by atoms with Gasteiger partial charge in [0.25, 0.3) is 0 Å². The molecule has 0 spiro atoms. The zero-order valence-corrected chi connectivity index (χ0v) is 12.3. The number of anilines is 1. The van der Waals surface area contributed by atoms with Gasteiger partial charge in [0, 0.05) is 25.4 Å². The van der Waals surface area contributed by atoms with E-state index in [0.29, 0.717) is 25.1 Å². The lowest BCUT2D eigenvalue weighted by Crippen LogP contribution is -2.32. The van der Waals surface area contributed by atoms with E-state index in [1.54, 1.807) is 13.1 Å². The van der Waals surface area contributed by atoms with Crippen LogP contribution in [0, 0.1) is 17.0 Å². The lowest BCUT2D eigenvalue weighted by molar-refractivity contribution is -0.384. The van der Waals surface area contributed by atoms with Crippen LogP contribution < -0.4 is 10.6 Å². The van der Waals surface area contributed by atoms with Gasteiger partial charge in [0.15, 0.2) is 0 Å². The molecule has 1 saturated heterocycles. The maximum absolute atomic E-state index is 11.0. The number of ether oxygens (including phenoxy) is 1. The van der Waals surface area contributed by atoms with Gasteiger partial charge in [-0.05, 0) is 44.8 Å². The van der Waals surface area contributed by atoms with Crippen LogP contribution in [-0.2, 0) is 4.74 Å². The third kappa shape index (κ3) is 4.95. The van der Waals surface area contributed by atoms with Gasteiger partial charge in [-0.1, -0.05) is 0 Å². The SMILES string of the molecule is Cc1cnc(NCCCOC2CCNCC2)c([N+](=O)[O-])c1. The largest absolute Gasteiger partial charge is 0.378 e. The first-order valence-electron chi connectivity index (χ1n) is 7.34. The lowest BCUT2D eigenvalue weighted by atomic mass is 10.1. The summed E-state index contributed by atoms with van der Waals surface area (Å²) in [5.74, 6) is 0.326. The van der Waals surface area contributed by atoms with E-state index in [0.717, 1.165) is 37.9 Å². The molecule has 2 rings (SSSR count). The summed E-state index contributed by atoms with van der Waals surface area (Å²) in [5.41, 5.74) is 0.802. The van der Waals surface area contributed by atoms with E-state index in [1.165, 1.54) is 6.07 Å². The van der Waals surface area contributed by atoms with E-state index in [4.69, 9.17) is 4.74 Å². The monoisotopic (exact) mass is 294 g/mol. The van der Waals surface area contributed by atoms with Gasteiger partial charge in [0.2, 0.25) is 5.82 Å². The summed E-state index contributed by atoms with van der Waals surface area (Å²) >= 11 is 0. The van der Waals surface area contributed by atoms with Gasteiger partial charge in [-0.3, -0.25) is 10.1 Å². The minimum atomic E-state index is -0.409. The Morgan fingerprint density at radius 1 is 1.52 bits per heavy atom. The van der Waals surface area contributed by atoms with E-state index in [9.17, 15) is 10.1 Å². The molecule has 1 aromatic rings. The molecule has 1 aliphatic heterocycles. The maximum Gasteiger partial charge on any atom is 0.311 e. The number of aromatic nitrogens is 1. The molecule has 116 valence electrons. The van der Waals surface area contributed by atoms with Crippen molar-refractivity contribution in [3.05, 3.63) is 27.9 Å². The van der Waals surface area contributed by atoms with Gasteiger partial charge in [-0.15, -0.1) is 0 Å². The molecule has 0 saturated carbocycles. The van der Waals surface area contributed by atoms with Crippen LogP contribution in [-0.4, -0.2) is 42.3 Å². The highest BCUT2D eigenvalue weighted by molar-refractivity contribution is 5.56. The van der Waals surface area contributed by atoms with Crippen LogP contribution in [0.5, 0.6) is 0 Å². The fourth-order valence-corrected chi connectivity index (χ4v) is 2.32. The summed E-state index contributed by atoms with van der Waals surface area (Å²) < 4.78 is 5.78. The lowest BCUT2D eigenvalue weighted by Gasteiger charge is -2.22. The van der Waals surface area contributed by atoms with Crippen molar-refractivity contribution in [2.45, 2.75) is 32.3 Å². The molecule has 2 N–H and O–H groups in total. The van der Waals surface area contributed by atoms with Crippen molar-refractivity contribution in [3.63, 3.8) is 0 Å². The molecule has 21 heavy (non-hydrogen) atoms. The third-order valence-corrected chi connectivity index (χ3v) is 3.45. The molecule has 0 aliphatic carbocycles. The standard InChI is InChI=1S/C14H22N4O3/c1-11-9-13(18(19)20)14(17-10-11)16-5-2-8-21-12-3-6-15-7-4-12/h9-10,12,15H,2-8H2,1H3,(H,16,17). The second kappa shape index (κ2) is 7.90. The van der Waals surface area contributed by atoms with Gasteiger partial charge in [0.05, 0.1) is 11.0 Å². The number of rotatable bonds is 7. The van der Waals surface area contributed by atoms with Crippen molar-refractivity contribution >= 4 is 11.5 Å². The van der Waals surface area contributed by atoms with Crippen molar-refractivity contribution in [2.75, 3.05) is 31.6 Å². The summed E-state index contributed by atoms with van der Waals surface area (Å²) in [6.07, 6.45) is 4.88. The molecular weight excluding hydrogens is 272 g/mol. The van der Waals surface area contributed by atoms with Crippen LogP contribution in [0.3, 0.4) is 0 Å². The topological polar surface area (TPSA) is 89.3 Å². The van der Waals surface area contributed by atoms with E-state index in [2.05, 4.69) is 15.6 Å². The molecule has 1 fully saturated rings. The average Bonchev–Trinajstić information content (AvgIpc) is 2.49. The molecule has 0 atom stereocenters. The zero-order chi connectivity index (χ0) is 15.1. The van der Waals surface area contributed by atoms with E-state index in [-0.39, 0.29) is 5.69 Å². The van der Waals surface area contributed by atoms with Crippen LogP contribution in [0.2, 0.25) is 0 Å². The van der Waals surface area contributed by atoms with Crippen LogP contribution in [0.4, 0.5) is 11.5 Å². The molecule has 2 heterocycles. The van der Waals surface area contributed by atoms with Crippen LogP contribution in [0.15, 0.2) is 12.3 Å². The molecule has 7 heteroatoms. The van der Waals surface area contributed by atoms with Gasteiger partial charge >= 0.3 is 5.69 Å². The van der Waals surface area contributed by atoms with Crippen molar-refractivity contribution < 1.29 is 9.66 Å². The van der Waals surface area contributed by atoms with Crippen LogP contribution in [0.25, 0.3) is 0 Å². The first-order chi connectivity index (χ1) is 10.2. The molecule has 0 unspecified atom stereocenters. The first kappa shape index (κ1) is 15.7. The Morgan fingerprint density at radius 2 is 2.29 bits per heavy atom. The molecular formula is C14H22N4O3. The van der Waals surface area contributed by atoms with E-state index >= 15 is 0 Å². The number of nitro groups is 1. The predicted molar refractivity (Wildman–Crippen MR) is 80.6 cm³/mol. The predicted octanol–water partition coefficient (Wildman–Crippen LogP) is 1.87. The summed E-state index contributed by atoms with van der Waals surface area (Å²) in [6, 6.07) is 1.53. The van der Waals surface area contributed by atoms with Gasteiger partial charge < -0.3 is 15.4 Å². The maximum atomic E-state index is 11.0. The van der Waals surface area contributed by atoms with Crippen molar-refractivity contribution in [1.29, 1.82) is 0 Å². The Balaban J connectivity index is 1.72. The third-order valence-electron chi connectivity index (χ3n) is 3.45. The van der Waals surface area contributed by atoms with Crippen LogP contribution >= 0.6 is 0 Å². The summed E-state index contributed by atoms with van der Waals surface area (Å²) in [4.78, 5) is 14.6. The van der Waals surface area contributed by atoms with Crippen molar-refractivity contribution in [1.82, 2.24) is 10.3 Å². The summed E-state index contributed by atoms with van der Waals surface area (Å²) in [5, 5.41) is 17.3. The number of pyridine rings is 1. The van der Waals surface area contributed by atoms with Gasteiger partial charge in [-0.2, -0.15) is 0 Å². The highest BCUT2D eigenvalue weighted by atomic mass is 16.6. The number of nitrogens with zero attached hydrogens (tertiary/aromatic N) is 2. The number of aryl methyl sites for hydroxylation is 1. The molecule has 7 nitrogen and oxygen atoms in total. The fourth-order valence-electron chi connectivity index (χ4n) is 2.32. The Kier molecular flexibility index (Phi) is 5.89. The molecule has 1 aliphatic rings. The highest BCUT2D eigenvalue weighted by Crippen LogP contribution is 2.22. The molecule has 0 aromatic carbocycles. The van der Waals surface area contributed by atoms with Gasteiger partial charge in [-0.25, -0.2) is 4.98 Å². The number of hydrogen-bond donors (Lipinski definition) is 2. The molecule has 1 aromatic heterocycles. The minimum Gasteiger partial charge on any atom is -0.378 e. The Bertz CT molecular complexity index is 475. The second-order valence-electron chi connectivity index (χ2n) is 5.24. The quantitative estimate of drug-likeness (QED) is 0.453. The molecule has 0 amide bonds. The Morgan fingerprint density at radius 3 is 3.00 bits per heavy atom. The number of piperidine rings is 1. The smallest absolute Gasteiger partial charge is 0.311 e. The van der Waals surface area contributed by atoms with E-state index in [1.807, 2.05) is 0 Å². The first-order valence-corrected chi connectivity index (χ1v) is 7.34. The number of hydrogen-bond acceptors (Lipinski definition) is 6. The summed E-state index contributed by atoms with van der Waals surface area (Å²) in [6.45, 7) is 5.10. The second-order valence-corrected chi connectivity index (χ2v) is 5.24. The zero-order valence-electron chi connectivity index (χ0n) is 12.3. The molecule has 0 radical (unpaired) electrons. The Hall–Kier alpha value is -1.73. The number of nitrogens with one attached hydrogen (secondary N) is 2. The average molecular weight is 294 g/mol.